The van der Waals surface area contributed by atoms with Crippen molar-refractivity contribution in [3.63, 3.8) is 0 Å². The SMILES string of the molecule is COC(=O)[C@]12CCCN1[C@@H](CO)[C@@H](C(=O)OC(C)(C)C)C2. The van der Waals surface area contributed by atoms with Gasteiger partial charge in [0.1, 0.15) is 11.1 Å². The topological polar surface area (TPSA) is 76.1 Å². The first-order valence-corrected chi connectivity index (χ1v) is 7.44. The Hall–Kier alpha value is -1.14. The van der Waals surface area contributed by atoms with Gasteiger partial charge in [0, 0.05) is 6.04 Å². The van der Waals surface area contributed by atoms with Crippen molar-refractivity contribution < 1.29 is 24.2 Å². The second kappa shape index (κ2) is 5.57. The number of hydrogen-bond acceptors (Lipinski definition) is 6. The van der Waals surface area contributed by atoms with Crippen LogP contribution in [0.1, 0.15) is 40.0 Å². The van der Waals surface area contributed by atoms with Crippen molar-refractivity contribution in [3.05, 3.63) is 0 Å². The predicted molar refractivity (Wildman–Crippen MR) is 75.5 cm³/mol. The Labute approximate surface area is 125 Å². The van der Waals surface area contributed by atoms with Gasteiger partial charge in [-0.15, -0.1) is 0 Å². The van der Waals surface area contributed by atoms with Gasteiger partial charge >= 0.3 is 11.9 Å². The van der Waals surface area contributed by atoms with Crippen LogP contribution in [0.3, 0.4) is 0 Å². The molecule has 2 saturated heterocycles. The highest BCUT2D eigenvalue weighted by atomic mass is 16.6. The summed E-state index contributed by atoms with van der Waals surface area (Å²) in [7, 11) is 1.36. The summed E-state index contributed by atoms with van der Waals surface area (Å²) < 4.78 is 10.4. The first kappa shape index (κ1) is 16.2. The number of ether oxygens (including phenoxy) is 2. The zero-order valence-corrected chi connectivity index (χ0v) is 13.2. The maximum absolute atomic E-state index is 12.4. The van der Waals surface area contributed by atoms with Gasteiger partial charge in [-0.3, -0.25) is 14.5 Å². The molecule has 6 heteroatoms. The Morgan fingerprint density at radius 2 is 2.05 bits per heavy atom. The molecule has 6 nitrogen and oxygen atoms in total. The summed E-state index contributed by atoms with van der Waals surface area (Å²) in [5.74, 6) is -1.16. The van der Waals surface area contributed by atoms with Crippen molar-refractivity contribution in [1.82, 2.24) is 4.90 Å². The van der Waals surface area contributed by atoms with Crippen LogP contribution in [0, 0.1) is 5.92 Å². The van der Waals surface area contributed by atoms with Gasteiger partial charge < -0.3 is 14.6 Å². The van der Waals surface area contributed by atoms with Crippen LogP contribution in [0.4, 0.5) is 0 Å². The molecule has 120 valence electrons. The molecule has 2 aliphatic heterocycles. The third-order valence-corrected chi connectivity index (χ3v) is 4.42. The molecule has 2 aliphatic rings. The molecule has 0 bridgehead atoms. The second-order valence-electron chi connectivity index (χ2n) is 6.91. The lowest BCUT2D eigenvalue weighted by Gasteiger charge is -2.31. The average molecular weight is 299 g/mol. The standard InChI is InChI=1S/C15H25NO5/c1-14(2,3)21-12(18)10-8-15(13(19)20-4)6-5-7-16(15)11(10)9-17/h10-11,17H,5-9H2,1-4H3/t10-,11-,15+/m0/s1. The Morgan fingerprint density at radius 3 is 2.57 bits per heavy atom. The fraction of sp³-hybridized carbons (Fsp3) is 0.867. The Kier molecular flexibility index (Phi) is 4.31. The number of carbonyl (C=O) groups excluding carboxylic acids is 2. The number of esters is 2. The summed E-state index contributed by atoms with van der Waals surface area (Å²) in [6, 6.07) is -0.374. The zero-order valence-electron chi connectivity index (χ0n) is 13.2. The molecular weight excluding hydrogens is 274 g/mol. The van der Waals surface area contributed by atoms with Crippen molar-refractivity contribution in [2.45, 2.75) is 57.2 Å². The van der Waals surface area contributed by atoms with Crippen LogP contribution < -0.4 is 0 Å². The van der Waals surface area contributed by atoms with E-state index in [2.05, 4.69) is 0 Å². The van der Waals surface area contributed by atoms with Gasteiger partial charge in [-0.1, -0.05) is 0 Å². The molecule has 0 aromatic carbocycles. The molecule has 21 heavy (non-hydrogen) atoms. The number of aliphatic hydroxyl groups excluding tert-OH is 1. The largest absolute Gasteiger partial charge is 0.468 e. The van der Waals surface area contributed by atoms with Gasteiger partial charge in [0.2, 0.25) is 0 Å². The van der Waals surface area contributed by atoms with Crippen LogP contribution in [0.15, 0.2) is 0 Å². The molecule has 0 spiro atoms. The van der Waals surface area contributed by atoms with E-state index in [1.807, 2.05) is 25.7 Å². The molecule has 0 saturated carbocycles. The minimum atomic E-state index is -0.774. The van der Waals surface area contributed by atoms with Gasteiger partial charge in [-0.2, -0.15) is 0 Å². The molecule has 3 atom stereocenters. The smallest absolute Gasteiger partial charge is 0.326 e. The molecule has 2 heterocycles. The second-order valence-corrected chi connectivity index (χ2v) is 6.91. The highest BCUT2D eigenvalue weighted by Crippen LogP contribution is 2.46. The highest BCUT2D eigenvalue weighted by molar-refractivity contribution is 5.85. The van der Waals surface area contributed by atoms with Crippen LogP contribution in [-0.4, -0.2) is 59.4 Å². The van der Waals surface area contributed by atoms with Crippen LogP contribution in [0.5, 0.6) is 0 Å². The van der Waals surface area contributed by atoms with Crippen LogP contribution in [0.2, 0.25) is 0 Å². The third-order valence-electron chi connectivity index (χ3n) is 4.42. The summed E-state index contributed by atoms with van der Waals surface area (Å²) in [5, 5.41) is 9.70. The van der Waals surface area contributed by atoms with E-state index in [1.165, 1.54) is 7.11 Å². The molecule has 1 N–H and O–H groups in total. The summed E-state index contributed by atoms with van der Waals surface area (Å²) in [4.78, 5) is 26.6. The highest BCUT2D eigenvalue weighted by Gasteiger charge is 2.61. The van der Waals surface area contributed by atoms with E-state index in [4.69, 9.17) is 9.47 Å². The maximum atomic E-state index is 12.4. The van der Waals surface area contributed by atoms with Crippen LogP contribution in [0.25, 0.3) is 0 Å². The monoisotopic (exact) mass is 299 g/mol. The number of rotatable bonds is 3. The molecular formula is C15H25NO5. The van der Waals surface area contributed by atoms with Gasteiger partial charge in [0.15, 0.2) is 0 Å². The molecule has 0 aliphatic carbocycles. The molecule has 2 fully saturated rings. The number of carbonyl (C=O) groups is 2. The number of aliphatic hydroxyl groups is 1. The molecule has 0 unspecified atom stereocenters. The number of hydrogen-bond donors (Lipinski definition) is 1. The minimum Gasteiger partial charge on any atom is -0.468 e. The zero-order chi connectivity index (χ0) is 15.8. The van der Waals surface area contributed by atoms with Crippen LogP contribution >= 0.6 is 0 Å². The van der Waals surface area contributed by atoms with E-state index in [0.29, 0.717) is 19.4 Å². The number of methoxy groups -OCH3 is 1. The molecule has 2 rings (SSSR count). The van der Waals surface area contributed by atoms with E-state index in [-0.39, 0.29) is 24.6 Å². The van der Waals surface area contributed by atoms with Gasteiger partial charge in [-0.25, -0.2) is 0 Å². The quantitative estimate of drug-likeness (QED) is 0.774. The molecule has 0 aromatic heterocycles. The number of fused-ring (bicyclic) bond motifs is 1. The lowest BCUT2D eigenvalue weighted by molar-refractivity contribution is -0.161. The van der Waals surface area contributed by atoms with Gasteiger partial charge in [0.25, 0.3) is 0 Å². The Bertz CT molecular complexity index is 430. The van der Waals surface area contributed by atoms with Gasteiger partial charge in [0.05, 0.1) is 19.6 Å². The van der Waals surface area contributed by atoms with Crippen molar-refractivity contribution >= 4 is 11.9 Å². The Morgan fingerprint density at radius 1 is 1.38 bits per heavy atom. The fourth-order valence-electron chi connectivity index (χ4n) is 3.66. The average Bonchev–Trinajstić information content (AvgIpc) is 2.91. The minimum absolute atomic E-state index is 0.164. The predicted octanol–water partition coefficient (Wildman–Crippen LogP) is 0.716. The lowest BCUT2D eigenvalue weighted by Crippen LogP contribution is -2.50. The van der Waals surface area contributed by atoms with E-state index in [0.717, 1.165) is 6.42 Å². The Balaban J connectivity index is 2.25. The van der Waals surface area contributed by atoms with Crippen molar-refractivity contribution in [1.29, 1.82) is 0 Å². The van der Waals surface area contributed by atoms with E-state index in [9.17, 15) is 14.7 Å². The fourth-order valence-corrected chi connectivity index (χ4v) is 3.66. The van der Waals surface area contributed by atoms with Crippen molar-refractivity contribution in [2.75, 3.05) is 20.3 Å². The van der Waals surface area contributed by atoms with Crippen LogP contribution in [-0.2, 0) is 19.1 Å². The molecule has 0 radical (unpaired) electrons. The lowest BCUT2D eigenvalue weighted by atomic mass is 9.88. The first-order valence-electron chi connectivity index (χ1n) is 7.44. The molecule has 0 amide bonds. The summed E-state index contributed by atoms with van der Waals surface area (Å²) >= 11 is 0. The third kappa shape index (κ3) is 2.79. The molecule has 0 aromatic rings. The maximum Gasteiger partial charge on any atom is 0.326 e. The summed E-state index contributed by atoms with van der Waals surface area (Å²) in [5.41, 5.74) is -1.35. The summed E-state index contributed by atoms with van der Waals surface area (Å²) in [6.45, 7) is 5.96. The van der Waals surface area contributed by atoms with E-state index < -0.39 is 17.1 Å². The normalized spacial score (nSPS) is 32.8. The van der Waals surface area contributed by atoms with E-state index >= 15 is 0 Å². The number of nitrogens with zero attached hydrogens (tertiary/aromatic N) is 1. The van der Waals surface area contributed by atoms with Crippen molar-refractivity contribution in [2.24, 2.45) is 5.92 Å². The van der Waals surface area contributed by atoms with Crippen molar-refractivity contribution in [3.8, 4) is 0 Å². The first-order chi connectivity index (χ1) is 9.75. The van der Waals surface area contributed by atoms with Gasteiger partial charge in [-0.05, 0) is 46.6 Å². The van der Waals surface area contributed by atoms with E-state index in [1.54, 1.807) is 0 Å². The summed E-state index contributed by atoms with van der Waals surface area (Å²) in [6.07, 6.45) is 1.89.